The maximum absolute atomic E-state index is 10.3. The third kappa shape index (κ3) is 2.81. The van der Waals surface area contributed by atoms with E-state index in [9.17, 15) is 9.90 Å². The van der Waals surface area contributed by atoms with Gasteiger partial charge in [0.1, 0.15) is 11.9 Å². The van der Waals surface area contributed by atoms with Gasteiger partial charge >= 0.3 is 0 Å². The number of hydrogen-bond donors (Lipinski definition) is 1. The molecule has 1 atom stereocenters. The molecule has 0 fully saturated rings. The summed E-state index contributed by atoms with van der Waals surface area (Å²) in [4.78, 5) is 14.2. The molecule has 0 aliphatic heterocycles. The SMILES string of the molecule is CCCOc1cncc(C(O)C=O)c1. The van der Waals surface area contributed by atoms with Gasteiger partial charge in [0.05, 0.1) is 12.8 Å². The fraction of sp³-hybridized carbons (Fsp3) is 0.400. The quantitative estimate of drug-likeness (QED) is 0.715. The molecule has 14 heavy (non-hydrogen) atoms. The van der Waals surface area contributed by atoms with Gasteiger partial charge in [-0.25, -0.2) is 0 Å². The van der Waals surface area contributed by atoms with Crippen LogP contribution in [-0.2, 0) is 4.79 Å². The first kappa shape index (κ1) is 10.7. The molecule has 0 amide bonds. The van der Waals surface area contributed by atoms with Crippen LogP contribution in [0.15, 0.2) is 18.5 Å². The van der Waals surface area contributed by atoms with E-state index in [4.69, 9.17) is 4.74 Å². The van der Waals surface area contributed by atoms with Crippen molar-refractivity contribution in [2.75, 3.05) is 6.61 Å². The number of hydrogen-bond acceptors (Lipinski definition) is 4. The van der Waals surface area contributed by atoms with Gasteiger partial charge in [0.25, 0.3) is 0 Å². The lowest BCUT2D eigenvalue weighted by atomic mass is 10.2. The van der Waals surface area contributed by atoms with Crippen LogP contribution in [0.2, 0.25) is 0 Å². The van der Waals surface area contributed by atoms with E-state index in [-0.39, 0.29) is 0 Å². The van der Waals surface area contributed by atoms with Gasteiger partial charge < -0.3 is 14.6 Å². The first-order chi connectivity index (χ1) is 6.77. The standard InChI is InChI=1S/C10H13NO3/c1-2-3-14-9-4-8(5-11-6-9)10(13)7-12/h4-7,10,13H,2-3H2,1H3. The van der Waals surface area contributed by atoms with Gasteiger partial charge in [0, 0.05) is 11.8 Å². The smallest absolute Gasteiger partial charge is 0.153 e. The Kier molecular flexibility index (Phi) is 4.07. The van der Waals surface area contributed by atoms with Gasteiger partial charge in [-0.05, 0) is 12.5 Å². The van der Waals surface area contributed by atoms with Gasteiger partial charge in [0.2, 0.25) is 0 Å². The average molecular weight is 195 g/mol. The summed E-state index contributed by atoms with van der Waals surface area (Å²) < 4.78 is 5.30. The predicted octanol–water partition coefficient (Wildman–Crippen LogP) is 1.10. The van der Waals surface area contributed by atoms with E-state index in [0.717, 1.165) is 6.42 Å². The molecule has 4 nitrogen and oxygen atoms in total. The molecule has 0 bridgehead atoms. The molecule has 1 N–H and O–H groups in total. The van der Waals surface area contributed by atoms with Crippen molar-refractivity contribution < 1.29 is 14.6 Å². The van der Waals surface area contributed by atoms with Gasteiger partial charge in [-0.15, -0.1) is 0 Å². The van der Waals surface area contributed by atoms with Crippen molar-refractivity contribution in [1.82, 2.24) is 4.98 Å². The van der Waals surface area contributed by atoms with Crippen molar-refractivity contribution in [3.63, 3.8) is 0 Å². The van der Waals surface area contributed by atoms with Crippen molar-refractivity contribution >= 4 is 6.29 Å². The molecule has 0 radical (unpaired) electrons. The summed E-state index contributed by atoms with van der Waals surface area (Å²) in [6.45, 7) is 2.60. The summed E-state index contributed by atoms with van der Waals surface area (Å²) in [6, 6.07) is 1.61. The normalized spacial score (nSPS) is 12.1. The summed E-state index contributed by atoms with van der Waals surface area (Å²) in [7, 11) is 0. The topological polar surface area (TPSA) is 59.4 Å². The van der Waals surface area contributed by atoms with E-state index in [0.29, 0.717) is 24.2 Å². The molecular weight excluding hydrogens is 182 g/mol. The fourth-order valence-electron chi connectivity index (χ4n) is 0.975. The Labute approximate surface area is 82.5 Å². The maximum Gasteiger partial charge on any atom is 0.153 e. The van der Waals surface area contributed by atoms with E-state index in [1.807, 2.05) is 6.92 Å². The largest absolute Gasteiger partial charge is 0.492 e. The second-order valence-corrected chi connectivity index (χ2v) is 2.88. The van der Waals surface area contributed by atoms with E-state index >= 15 is 0 Å². The lowest BCUT2D eigenvalue weighted by Crippen LogP contribution is -2.01. The molecule has 1 unspecified atom stereocenters. The molecule has 4 heteroatoms. The van der Waals surface area contributed by atoms with Crippen LogP contribution in [0.3, 0.4) is 0 Å². The zero-order chi connectivity index (χ0) is 10.4. The zero-order valence-electron chi connectivity index (χ0n) is 8.01. The van der Waals surface area contributed by atoms with E-state index in [1.165, 1.54) is 6.20 Å². The molecule has 0 aliphatic rings. The highest BCUT2D eigenvalue weighted by molar-refractivity contribution is 5.59. The highest BCUT2D eigenvalue weighted by Crippen LogP contribution is 2.16. The number of aldehydes is 1. The van der Waals surface area contributed by atoms with Crippen molar-refractivity contribution in [3.05, 3.63) is 24.0 Å². The van der Waals surface area contributed by atoms with E-state index < -0.39 is 6.10 Å². The van der Waals surface area contributed by atoms with Crippen LogP contribution < -0.4 is 4.74 Å². The summed E-state index contributed by atoms with van der Waals surface area (Å²) in [6.07, 6.45) is 3.24. The Morgan fingerprint density at radius 3 is 3.07 bits per heavy atom. The number of aliphatic hydroxyl groups excluding tert-OH is 1. The fourth-order valence-corrected chi connectivity index (χ4v) is 0.975. The van der Waals surface area contributed by atoms with Gasteiger partial charge in [-0.2, -0.15) is 0 Å². The third-order valence-electron chi connectivity index (χ3n) is 1.68. The summed E-state index contributed by atoms with van der Waals surface area (Å²) in [5, 5.41) is 9.22. The van der Waals surface area contributed by atoms with Crippen LogP contribution in [0.25, 0.3) is 0 Å². The number of nitrogens with zero attached hydrogens (tertiary/aromatic N) is 1. The minimum Gasteiger partial charge on any atom is -0.492 e. The first-order valence-corrected chi connectivity index (χ1v) is 4.49. The molecule has 1 aromatic heterocycles. The molecule has 1 heterocycles. The van der Waals surface area contributed by atoms with Crippen molar-refractivity contribution in [2.45, 2.75) is 19.4 Å². The molecule has 0 aliphatic carbocycles. The van der Waals surface area contributed by atoms with Gasteiger partial charge in [-0.1, -0.05) is 6.92 Å². The molecule has 1 aromatic rings. The molecular formula is C10H13NO3. The number of pyridine rings is 1. The van der Waals surface area contributed by atoms with Gasteiger partial charge in [0.15, 0.2) is 6.29 Å². The molecule has 0 saturated carbocycles. The summed E-state index contributed by atoms with van der Waals surface area (Å²) in [5.74, 6) is 0.574. The van der Waals surface area contributed by atoms with Crippen LogP contribution in [0.1, 0.15) is 25.0 Å². The molecule has 0 spiro atoms. The lowest BCUT2D eigenvalue weighted by Gasteiger charge is -2.06. The van der Waals surface area contributed by atoms with Crippen molar-refractivity contribution in [2.24, 2.45) is 0 Å². The molecule has 1 rings (SSSR count). The Morgan fingerprint density at radius 1 is 1.64 bits per heavy atom. The number of ether oxygens (including phenoxy) is 1. The lowest BCUT2D eigenvalue weighted by molar-refractivity contribution is -0.115. The number of carbonyl (C=O) groups excluding carboxylic acids is 1. The Morgan fingerprint density at radius 2 is 2.43 bits per heavy atom. The molecule has 0 aromatic carbocycles. The van der Waals surface area contributed by atoms with Crippen LogP contribution in [0.5, 0.6) is 5.75 Å². The Hall–Kier alpha value is -1.42. The van der Waals surface area contributed by atoms with Crippen LogP contribution in [0.4, 0.5) is 0 Å². The second kappa shape index (κ2) is 5.34. The second-order valence-electron chi connectivity index (χ2n) is 2.88. The van der Waals surface area contributed by atoms with Crippen molar-refractivity contribution in [3.8, 4) is 5.75 Å². The van der Waals surface area contributed by atoms with Gasteiger partial charge in [-0.3, -0.25) is 4.98 Å². The number of aromatic nitrogens is 1. The first-order valence-electron chi connectivity index (χ1n) is 4.49. The summed E-state index contributed by atoms with van der Waals surface area (Å²) in [5.41, 5.74) is 0.452. The third-order valence-corrected chi connectivity index (χ3v) is 1.68. The molecule has 76 valence electrons. The van der Waals surface area contributed by atoms with E-state index in [2.05, 4.69) is 4.98 Å². The van der Waals surface area contributed by atoms with Crippen LogP contribution in [-0.4, -0.2) is 23.0 Å². The van der Waals surface area contributed by atoms with E-state index in [1.54, 1.807) is 12.3 Å². The van der Waals surface area contributed by atoms with Crippen LogP contribution in [0, 0.1) is 0 Å². The minimum atomic E-state index is -1.12. The molecule has 0 saturated heterocycles. The minimum absolute atomic E-state index is 0.452. The Balaban J connectivity index is 2.73. The number of aliphatic hydroxyl groups is 1. The highest BCUT2D eigenvalue weighted by Gasteiger charge is 2.06. The zero-order valence-corrected chi connectivity index (χ0v) is 8.01. The monoisotopic (exact) mass is 195 g/mol. The predicted molar refractivity (Wildman–Crippen MR) is 51.0 cm³/mol. The number of rotatable bonds is 5. The summed E-state index contributed by atoms with van der Waals surface area (Å²) >= 11 is 0. The average Bonchev–Trinajstić information content (AvgIpc) is 2.25. The highest BCUT2D eigenvalue weighted by atomic mass is 16.5. The van der Waals surface area contributed by atoms with Crippen LogP contribution >= 0.6 is 0 Å². The number of carbonyl (C=O) groups is 1. The van der Waals surface area contributed by atoms with Crippen molar-refractivity contribution in [1.29, 1.82) is 0 Å². The maximum atomic E-state index is 10.3. The Bertz CT molecular complexity index is 301.